The van der Waals surface area contributed by atoms with Gasteiger partial charge in [-0.05, 0) is 44.0 Å². The predicted molar refractivity (Wildman–Crippen MR) is 107 cm³/mol. The minimum absolute atomic E-state index is 0. The van der Waals surface area contributed by atoms with Crippen LogP contribution in [0.3, 0.4) is 0 Å². The fourth-order valence-corrected chi connectivity index (χ4v) is 3.47. The van der Waals surface area contributed by atoms with Crippen LogP contribution in [-0.2, 0) is 4.79 Å². The number of hydrogen-bond donors (Lipinski definition) is 3. The van der Waals surface area contributed by atoms with Gasteiger partial charge < -0.3 is 16.0 Å². The number of benzene rings is 1. The molecule has 3 rings (SSSR count). The van der Waals surface area contributed by atoms with Gasteiger partial charge in [-0.1, -0.05) is 37.0 Å². The lowest BCUT2D eigenvalue weighted by atomic mass is 9.88. The van der Waals surface area contributed by atoms with Crippen molar-refractivity contribution in [3.8, 4) is 0 Å². The maximum absolute atomic E-state index is 12.4. The van der Waals surface area contributed by atoms with Crippen LogP contribution in [0.25, 0.3) is 0 Å². The first kappa shape index (κ1) is 20.5. The Morgan fingerprint density at radius 1 is 1.15 bits per heavy atom. The van der Waals surface area contributed by atoms with Crippen molar-refractivity contribution in [3.63, 3.8) is 0 Å². The summed E-state index contributed by atoms with van der Waals surface area (Å²) in [4.78, 5) is 24.7. The molecule has 26 heavy (non-hydrogen) atoms. The second-order valence-corrected chi connectivity index (χ2v) is 6.90. The first-order chi connectivity index (χ1) is 12.2. The SMILES string of the molecule is Cl.O=C(NCC1=CCNCC1)c1cccc(NC(=O)C2CCCCC2)c1. The highest BCUT2D eigenvalue weighted by Crippen LogP contribution is 2.25. The lowest BCUT2D eigenvalue weighted by molar-refractivity contribution is -0.120. The maximum atomic E-state index is 12.4. The topological polar surface area (TPSA) is 70.2 Å². The van der Waals surface area contributed by atoms with Crippen LogP contribution < -0.4 is 16.0 Å². The van der Waals surface area contributed by atoms with E-state index in [9.17, 15) is 9.59 Å². The van der Waals surface area contributed by atoms with Crippen molar-refractivity contribution >= 4 is 29.9 Å². The summed E-state index contributed by atoms with van der Waals surface area (Å²) < 4.78 is 0. The Hall–Kier alpha value is -1.85. The van der Waals surface area contributed by atoms with Gasteiger partial charge in [-0.3, -0.25) is 9.59 Å². The number of carbonyl (C=O) groups excluding carboxylic acids is 2. The summed E-state index contributed by atoms with van der Waals surface area (Å²) >= 11 is 0. The predicted octanol–water partition coefficient (Wildman–Crippen LogP) is 3.28. The van der Waals surface area contributed by atoms with Crippen molar-refractivity contribution in [1.82, 2.24) is 10.6 Å². The van der Waals surface area contributed by atoms with E-state index in [1.54, 1.807) is 12.1 Å². The molecule has 2 aliphatic rings. The standard InChI is InChI=1S/C20H27N3O2.ClH/c24-19(22-14-15-9-11-21-12-10-15)17-7-4-8-18(13-17)23-20(25)16-5-2-1-3-6-16;/h4,7-9,13,16,21H,1-3,5-6,10-12,14H2,(H,22,24)(H,23,25);1H. The molecule has 0 saturated heterocycles. The molecule has 1 heterocycles. The Kier molecular flexibility index (Phi) is 8.13. The number of rotatable bonds is 5. The number of nitrogens with one attached hydrogen (secondary N) is 3. The van der Waals surface area contributed by atoms with Gasteiger partial charge in [-0.25, -0.2) is 0 Å². The van der Waals surface area contributed by atoms with Crippen LogP contribution in [0, 0.1) is 5.92 Å². The molecule has 0 bridgehead atoms. The summed E-state index contributed by atoms with van der Waals surface area (Å²) in [5, 5.41) is 9.20. The van der Waals surface area contributed by atoms with Crippen LogP contribution in [0.4, 0.5) is 5.69 Å². The van der Waals surface area contributed by atoms with E-state index in [4.69, 9.17) is 0 Å². The van der Waals surface area contributed by atoms with E-state index in [1.165, 1.54) is 12.0 Å². The number of hydrogen-bond acceptors (Lipinski definition) is 3. The molecular weight excluding hydrogens is 350 g/mol. The van der Waals surface area contributed by atoms with Crippen LogP contribution in [0.1, 0.15) is 48.9 Å². The number of amides is 2. The average molecular weight is 378 g/mol. The van der Waals surface area contributed by atoms with Gasteiger partial charge >= 0.3 is 0 Å². The monoisotopic (exact) mass is 377 g/mol. The van der Waals surface area contributed by atoms with E-state index < -0.39 is 0 Å². The van der Waals surface area contributed by atoms with E-state index in [0.717, 1.165) is 45.2 Å². The Morgan fingerprint density at radius 2 is 1.96 bits per heavy atom. The van der Waals surface area contributed by atoms with Crippen molar-refractivity contribution in [3.05, 3.63) is 41.5 Å². The molecule has 1 aromatic rings. The molecule has 0 aromatic heterocycles. The average Bonchev–Trinajstić information content (AvgIpc) is 2.68. The normalized spacial score (nSPS) is 17.6. The van der Waals surface area contributed by atoms with Crippen molar-refractivity contribution < 1.29 is 9.59 Å². The van der Waals surface area contributed by atoms with Crippen molar-refractivity contribution in [2.75, 3.05) is 25.0 Å². The van der Waals surface area contributed by atoms with Gasteiger partial charge in [0.05, 0.1) is 0 Å². The highest BCUT2D eigenvalue weighted by Gasteiger charge is 2.21. The van der Waals surface area contributed by atoms with Crippen molar-refractivity contribution in [2.24, 2.45) is 5.92 Å². The van der Waals surface area contributed by atoms with Crippen LogP contribution >= 0.6 is 12.4 Å². The molecule has 1 aromatic carbocycles. The van der Waals surface area contributed by atoms with Crippen LogP contribution in [0.5, 0.6) is 0 Å². The molecule has 2 amide bonds. The van der Waals surface area contributed by atoms with Crippen molar-refractivity contribution in [1.29, 1.82) is 0 Å². The second-order valence-electron chi connectivity index (χ2n) is 6.90. The van der Waals surface area contributed by atoms with Gasteiger partial charge in [0.1, 0.15) is 0 Å². The van der Waals surface area contributed by atoms with Gasteiger partial charge in [-0.15, -0.1) is 12.4 Å². The third-order valence-corrected chi connectivity index (χ3v) is 5.00. The molecule has 6 heteroatoms. The fraction of sp³-hybridized carbons (Fsp3) is 0.500. The second kappa shape index (κ2) is 10.3. The molecule has 1 aliphatic carbocycles. The molecule has 1 fully saturated rings. The van der Waals surface area contributed by atoms with E-state index in [1.807, 2.05) is 12.1 Å². The largest absolute Gasteiger partial charge is 0.348 e. The molecule has 0 radical (unpaired) electrons. The van der Waals surface area contributed by atoms with Gasteiger partial charge in [-0.2, -0.15) is 0 Å². The summed E-state index contributed by atoms with van der Waals surface area (Å²) in [5.74, 6) is 0.0865. The lowest BCUT2D eigenvalue weighted by Gasteiger charge is -2.20. The van der Waals surface area contributed by atoms with Gasteiger partial charge in [0.2, 0.25) is 5.91 Å². The summed E-state index contributed by atoms with van der Waals surface area (Å²) in [6, 6.07) is 7.19. The highest BCUT2D eigenvalue weighted by molar-refractivity contribution is 5.97. The van der Waals surface area contributed by atoms with E-state index in [2.05, 4.69) is 22.0 Å². The van der Waals surface area contributed by atoms with Crippen LogP contribution in [0.15, 0.2) is 35.9 Å². The Bertz CT molecular complexity index is 654. The summed E-state index contributed by atoms with van der Waals surface area (Å²) in [5.41, 5.74) is 2.54. The summed E-state index contributed by atoms with van der Waals surface area (Å²) in [6.07, 6.45) is 8.53. The minimum Gasteiger partial charge on any atom is -0.348 e. The first-order valence-corrected chi connectivity index (χ1v) is 9.30. The minimum atomic E-state index is -0.104. The zero-order valence-corrected chi connectivity index (χ0v) is 15.9. The number of anilines is 1. The molecule has 0 spiro atoms. The number of carbonyl (C=O) groups is 2. The fourth-order valence-electron chi connectivity index (χ4n) is 3.47. The van der Waals surface area contributed by atoms with Crippen LogP contribution in [-0.4, -0.2) is 31.4 Å². The molecular formula is C20H28ClN3O2. The first-order valence-electron chi connectivity index (χ1n) is 9.30. The number of halogens is 1. The molecule has 0 unspecified atom stereocenters. The maximum Gasteiger partial charge on any atom is 0.251 e. The van der Waals surface area contributed by atoms with Gasteiger partial charge in [0.25, 0.3) is 5.91 Å². The smallest absolute Gasteiger partial charge is 0.251 e. The summed E-state index contributed by atoms with van der Waals surface area (Å²) in [7, 11) is 0. The van der Waals surface area contributed by atoms with E-state index in [-0.39, 0.29) is 30.1 Å². The highest BCUT2D eigenvalue weighted by atomic mass is 35.5. The molecule has 0 atom stereocenters. The van der Waals surface area contributed by atoms with Gasteiger partial charge in [0, 0.05) is 30.3 Å². The molecule has 5 nitrogen and oxygen atoms in total. The Balaban J connectivity index is 0.00000243. The molecule has 1 aliphatic heterocycles. The Morgan fingerprint density at radius 3 is 2.69 bits per heavy atom. The Labute approximate surface area is 161 Å². The lowest BCUT2D eigenvalue weighted by Crippen LogP contribution is -2.29. The molecule has 3 N–H and O–H groups in total. The van der Waals surface area contributed by atoms with Crippen molar-refractivity contribution in [2.45, 2.75) is 38.5 Å². The third kappa shape index (κ3) is 5.85. The molecule has 142 valence electrons. The molecule has 1 saturated carbocycles. The van der Waals surface area contributed by atoms with Gasteiger partial charge in [0.15, 0.2) is 0 Å². The van der Waals surface area contributed by atoms with Crippen LogP contribution in [0.2, 0.25) is 0 Å². The quantitative estimate of drug-likeness (QED) is 0.689. The van der Waals surface area contributed by atoms with E-state index in [0.29, 0.717) is 17.8 Å². The zero-order valence-electron chi connectivity index (χ0n) is 15.1. The van der Waals surface area contributed by atoms with E-state index >= 15 is 0 Å². The summed E-state index contributed by atoms with van der Waals surface area (Å²) in [6.45, 7) is 2.41. The zero-order chi connectivity index (χ0) is 17.5. The third-order valence-electron chi connectivity index (χ3n) is 5.00.